The largest absolute Gasteiger partial charge is 0.323 e. The van der Waals surface area contributed by atoms with Crippen LogP contribution in [0.3, 0.4) is 0 Å². The number of benzene rings is 1. The SMILES string of the molecule is CCCc1ccc2nc3c(c(NN)c2c1)CCCCC3. The van der Waals surface area contributed by atoms with Crippen molar-refractivity contribution < 1.29 is 0 Å². The number of rotatable bonds is 3. The summed E-state index contributed by atoms with van der Waals surface area (Å²) in [7, 11) is 0. The molecule has 20 heavy (non-hydrogen) atoms. The van der Waals surface area contributed by atoms with Gasteiger partial charge in [0, 0.05) is 11.1 Å². The number of aromatic nitrogens is 1. The van der Waals surface area contributed by atoms with Crippen LogP contribution >= 0.6 is 0 Å². The molecule has 0 bridgehead atoms. The molecule has 3 N–H and O–H groups in total. The van der Waals surface area contributed by atoms with Crippen LogP contribution in [0.1, 0.15) is 49.4 Å². The van der Waals surface area contributed by atoms with E-state index in [9.17, 15) is 0 Å². The van der Waals surface area contributed by atoms with E-state index in [0.717, 1.165) is 36.9 Å². The first-order valence-corrected chi connectivity index (χ1v) is 7.74. The Morgan fingerprint density at radius 1 is 1.20 bits per heavy atom. The molecule has 1 heterocycles. The van der Waals surface area contributed by atoms with Crippen LogP contribution in [0, 0.1) is 0 Å². The third kappa shape index (κ3) is 2.38. The van der Waals surface area contributed by atoms with Crippen molar-refractivity contribution in [3.8, 4) is 0 Å². The van der Waals surface area contributed by atoms with E-state index in [0.29, 0.717) is 0 Å². The number of pyridine rings is 1. The van der Waals surface area contributed by atoms with Crippen molar-refractivity contribution in [1.29, 1.82) is 0 Å². The quantitative estimate of drug-likeness (QED) is 0.507. The van der Waals surface area contributed by atoms with Gasteiger partial charge in [-0.15, -0.1) is 0 Å². The summed E-state index contributed by atoms with van der Waals surface area (Å²) in [6, 6.07) is 6.60. The number of hydrazine groups is 1. The van der Waals surface area contributed by atoms with Crippen LogP contribution in [0.5, 0.6) is 0 Å². The lowest BCUT2D eigenvalue weighted by Gasteiger charge is -2.15. The van der Waals surface area contributed by atoms with Crippen LogP contribution in [0.25, 0.3) is 10.9 Å². The highest BCUT2D eigenvalue weighted by Crippen LogP contribution is 2.32. The van der Waals surface area contributed by atoms with Gasteiger partial charge in [0.25, 0.3) is 0 Å². The number of nitrogens with one attached hydrogen (secondary N) is 1. The number of nitrogens with zero attached hydrogens (tertiary/aromatic N) is 1. The topological polar surface area (TPSA) is 50.9 Å². The molecule has 0 radical (unpaired) electrons. The molecule has 0 fully saturated rings. The molecular weight excluding hydrogens is 246 g/mol. The average Bonchev–Trinajstić information content (AvgIpc) is 2.70. The van der Waals surface area contributed by atoms with Gasteiger partial charge in [0.2, 0.25) is 0 Å². The van der Waals surface area contributed by atoms with Gasteiger partial charge in [-0.3, -0.25) is 10.8 Å². The van der Waals surface area contributed by atoms with Crippen molar-refractivity contribution in [1.82, 2.24) is 4.98 Å². The molecule has 106 valence electrons. The number of nitrogens with two attached hydrogens (primary N) is 1. The van der Waals surface area contributed by atoms with E-state index in [-0.39, 0.29) is 0 Å². The minimum atomic E-state index is 1.07. The molecule has 0 amide bonds. The molecule has 2 aromatic rings. The lowest BCUT2D eigenvalue weighted by molar-refractivity contribution is 0.709. The molecule has 1 aromatic heterocycles. The summed E-state index contributed by atoms with van der Waals surface area (Å²) in [5.74, 6) is 5.84. The highest BCUT2D eigenvalue weighted by molar-refractivity contribution is 5.93. The van der Waals surface area contributed by atoms with Gasteiger partial charge in [-0.1, -0.05) is 25.8 Å². The maximum atomic E-state index is 5.84. The highest BCUT2D eigenvalue weighted by atomic mass is 15.2. The summed E-state index contributed by atoms with van der Waals surface area (Å²) >= 11 is 0. The molecule has 3 nitrogen and oxygen atoms in total. The minimum absolute atomic E-state index is 1.07. The molecule has 1 aromatic carbocycles. The lowest BCUT2D eigenvalue weighted by Crippen LogP contribution is -2.12. The molecule has 1 aliphatic rings. The van der Waals surface area contributed by atoms with Crippen LogP contribution in [0.2, 0.25) is 0 Å². The van der Waals surface area contributed by atoms with Gasteiger partial charge in [0.1, 0.15) is 0 Å². The Morgan fingerprint density at radius 3 is 2.85 bits per heavy atom. The Morgan fingerprint density at radius 2 is 2.05 bits per heavy atom. The minimum Gasteiger partial charge on any atom is -0.323 e. The third-order valence-electron chi connectivity index (χ3n) is 4.26. The molecule has 0 saturated heterocycles. The predicted molar refractivity (Wildman–Crippen MR) is 84.8 cm³/mol. The third-order valence-corrected chi connectivity index (χ3v) is 4.26. The van der Waals surface area contributed by atoms with Gasteiger partial charge in [-0.2, -0.15) is 0 Å². The molecule has 3 heteroatoms. The summed E-state index contributed by atoms with van der Waals surface area (Å²) < 4.78 is 0. The molecule has 0 saturated carbocycles. The van der Waals surface area contributed by atoms with Crippen molar-refractivity contribution in [2.45, 2.75) is 51.9 Å². The standard InChI is InChI=1S/C17H23N3/c1-2-6-12-9-10-16-14(11-12)17(20-18)13-7-4-3-5-8-15(13)19-16/h9-11H,2-8,18H2,1H3,(H,19,20). The Hall–Kier alpha value is -1.61. The number of nitrogen functional groups attached to an aromatic ring is 1. The molecule has 3 rings (SSSR count). The van der Waals surface area contributed by atoms with Crippen LogP contribution in [0.15, 0.2) is 18.2 Å². The fraction of sp³-hybridized carbons (Fsp3) is 0.471. The highest BCUT2D eigenvalue weighted by Gasteiger charge is 2.16. The number of hydrogen-bond acceptors (Lipinski definition) is 3. The summed E-state index contributed by atoms with van der Waals surface area (Å²) in [6.45, 7) is 2.21. The normalized spacial score (nSPS) is 14.9. The van der Waals surface area contributed by atoms with Crippen molar-refractivity contribution in [3.05, 3.63) is 35.0 Å². The van der Waals surface area contributed by atoms with Gasteiger partial charge in [-0.25, -0.2) is 0 Å². The van der Waals surface area contributed by atoms with Gasteiger partial charge >= 0.3 is 0 Å². The van der Waals surface area contributed by atoms with Gasteiger partial charge in [0.15, 0.2) is 0 Å². The van der Waals surface area contributed by atoms with Crippen molar-refractivity contribution >= 4 is 16.6 Å². The van der Waals surface area contributed by atoms with Crippen LogP contribution in [-0.2, 0) is 19.3 Å². The predicted octanol–water partition coefficient (Wildman–Crippen LogP) is 3.74. The van der Waals surface area contributed by atoms with Gasteiger partial charge in [-0.05, 0) is 55.4 Å². The first-order chi connectivity index (χ1) is 9.83. The summed E-state index contributed by atoms with van der Waals surface area (Å²) in [5.41, 5.74) is 9.07. The average molecular weight is 269 g/mol. The second kappa shape index (κ2) is 5.80. The summed E-state index contributed by atoms with van der Waals surface area (Å²) in [5, 5.41) is 1.18. The molecule has 0 aliphatic heterocycles. The van der Waals surface area contributed by atoms with E-state index < -0.39 is 0 Å². The second-order valence-corrected chi connectivity index (χ2v) is 5.72. The monoisotopic (exact) mass is 269 g/mol. The molecular formula is C17H23N3. The Labute approximate surface area is 120 Å². The summed E-state index contributed by atoms with van der Waals surface area (Å²) in [4.78, 5) is 4.89. The van der Waals surface area contributed by atoms with Crippen molar-refractivity contribution in [2.75, 3.05) is 5.43 Å². The first kappa shape index (κ1) is 13.4. The van der Waals surface area contributed by atoms with E-state index in [4.69, 9.17) is 10.8 Å². The Kier molecular flexibility index (Phi) is 3.88. The van der Waals surface area contributed by atoms with E-state index in [2.05, 4.69) is 30.5 Å². The Balaban J connectivity index is 2.20. The van der Waals surface area contributed by atoms with Crippen LogP contribution < -0.4 is 11.3 Å². The summed E-state index contributed by atoms with van der Waals surface area (Å²) in [6.07, 6.45) is 8.21. The van der Waals surface area contributed by atoms with E-state index in [1.54, 1.807) is 0 Å². The van der Waals surface area contributed by atoms with Gasteiger partial charge < -0.3 is 5.43 Å². The van der Waals surface area contributed by atoms with E-state index in [1.807, 2.05) is 0 Å². The zero-order chi connectivity index (χ0) is 13.9. The molecule has 0 spiro atoms. The van der Waals surface area contributed by atoms with E-state index >= 15 is 0 Å². The van der Waals surface area contributed by atoms with Crippen molar-refractivity contribution in [2.24, 2.45) is 5.84 Å². The molecule has 0 atom stereocenters. The fourth-order valence-electron chi connectivity index (χ4n) is 3.26. The maximum absolute atomic E-state index is 5.84. The number of anilines is 1. The van der Waals surface area contributed by atoms with Crippen LogP contribution in [-0.4, -0.2) is 4.98 Å². The van der Waals surface area contributed by atoms with Crippen LogP contribution in [0.4, 0.5) is 5.69 Å². The second-order valence-electron chi connectivity index (χ2n) is 5.72. The smallest absolute Gasteiger partial charge is 0.0726 e. The fourth-order valence-corrected chi connectivity index (χ4v) is 3.26. The maximum Gasteiger partial charge on any atom is 0.0726 e. The Bertz CT molecular complexity index is 619. The van der Waals surface area contributed by atoms with Crippen molar-refractivity contribution in [3.63, 3.8) is 0 Å². The zero-order valence-corrected chi connectivity index (χ0v) is 12.2. The number of aryl methyl sites for hydroxylation is 2. The zero-order valence-electron chi connectivity index (χ0n) is 12.2. The first-order valence-electron chi connectivity index (χ1n) is 7.74. The number of hydrogen-bond donors (Lipinski definition) is 2. The van der Waals surface area contributed by atoms with Gasteiger partial charge in [0.05, 0.1) is 11.2 Å². The molecule has 1 aliphatic carbocycles. The number of fused-ring (bicyclic) bond motifs is 2. The lowest BCUT2D eigenvalue weighted by atomic mass is 9.99. The molecule has 0 unspecified atom stereocenters. The van der Waals surface area contributed by atoms with E-state index in [1.165, 1.54) is 41.5 Å².